The highest BCUT2D eigenvalue weighted by Crippen LogP contribution is 2.26. The van der Waals surface area contributed by atoms with Crippen LogP contribution in [0, 0.1) is 0 Å². The van der Waals surface area contributed by atoms with Crippen molar-refractivity contribution in [1.29, 1.82) is 0 Å². The van der Waals surface area contributed by atoms with Crippen LogP contribution in [0.4, 0.5) is 0 Å². The molecule has 2 rings (SSSR count). The fourth-order valence-electron chi connectivity index (χ4n) is 3.87. The summed E-state index contributed by atoms with van der Waals surface area (Å²) in [6, 6.07) is -0.672. The minimum atomic E-state index is -0.898. The van der Waals surface area contributed by atoms with Crippen LogP contribution in [0.25, 0.3) is 0 Å². The highest BCUT2D eigenvalue weighted by Gasteiger charge is 2.38. The van der Waals surface area contributed by atoms with Crippen LogP contribution in [-0.2, 0) is 14.4 Å². The number of unbranched alkanes of at least 4 members (excludes halogenated alkanes) is 1. The van der Waals surface area contributed by atoms with Gasteiger partial charge in [0.05, 0.1) is 11.6 Å². The van der Waals surface area contributed by atoms with E-state index < -0.39 is 23.3 Å². The van der Waals surface area contributed by atoms with Crippen LogP contribution in [0.1, 0.15) is 84.0 Å². The van der Waals surface area contributed by atoms with Crippen LogP contribution < -0.4 is 16.4 Å². The van der Waals surface area contributed by atoms with Crippen molar-refractivity contribution in [2.24, 2.45) is 5.73 Å². The van der Waals surface area contributed by atoms with E-state index in [1.807, 2.05) is 6.92 Å². The molecular weight excluding hydrogens is 318 g/mol. The average molecular weight is 351 g/mol. The largest absolute Gasteiger partial charge is 0.347 e. The number of nitrogens with two attached hydrogens (primary N) is 1. The molecule has 0 spiro atoms. The Morgan fingerprint density at radius 3 is 2.32 bits per heavy atom. The molecule has 0 bridgehead atoms. The third kappa shape index (κ3) is 5.53. The summed E-state index contributed by atoms with van der Waals surface area (Å²) in [7, 11) is 0. The van der Waals surface area contributed by atoms with Crippen molar-refractivity contribution in [2.45, 2.75) is 102 Å². The van der Waals surface area contributed by atoms with Gasteiger partial charge in [0, 0.05) is 6.04 Å². The molecule has 1 atom stereocenters. The summed E-state index contributed by atoms with van der Waals surface area (Å²) in [4.78, 5) is 37.5. The van der Waals surface area contributed by atoms with E-state index in [9.17, 15) is 14.4 Å². The van der Waals surface area contributed by atoms with E-state index in [0.717, 1.165) is 57.8 Å². The van der Waals surface area contributed by atoms with E-state index in [1.54, 1.807) is 0 Å². The summed E-state index contributed by atoms with van der Waals surface area (Å²) >= 11 is 0. The van der Waals surface area contributed by atoms with Gasteiger partial charge in [-0.3, -0.25) is 14.4 Å². The first-order valence-corrected chi connectivity index (χ1v) is 9.91. The molecule has 0 unspecified atom stereocenters. The smallest absolute Gasteiger partial charge is 0.289 e. The number of carbonyl (C=O) groups is 3. The molecule has 0 aliphatic heterocycles. The zero-order valence-corrected chi connectivity index (χ0v) is 15.4. The summed E-state index contributed by atoms with van der Waals surface area (Å²) < 4.78 is 0. The average Bonchev–Trinajstić information content (AvgIpc) is 3.11. The first-order chi connectivity index (χ1) is 12.0. The lowest BCUT2D eigenvalue weighted by Crippen LogP contribution is -2.59. The topological polar surface area (TPSA) is 101 Å². The maximum atomic E-state index is 12.6. The summed E-state index contributed by atoms with van der Waals surface area (Å²) in [5, 5.41) is 5.62. The molecule has 0 saturated heterocycles. The second-order valence-electron chi connectivity index (χ2n) is 7.70. The molecule has 0 aromatic carbocycles. The lowest BCUT2D eigenvalue weighted by atomic mass is 9.81. The fraction of sp³-hybridized carbons (Fsp3) is 0.842. The van der Waals surface area contributed by atoms with Gasteiger partial charge >= 0.3 is 0 Å². The van der Waals surface area contributed by atoms with E-state index >= 15 is 0 Å². The van der Waals surface area contributed by atoms with Gasteiger partial charge in [-0.15, -0.1) is 0 Å². The Labute approximate surface area is 150 Å². The highest BCUT2D eigenvalue weighted by molar-refractivity contribution is 6.38. The maximum Gasteiger partial charge on any atom is 0.289 e. The van der Waals surface area contributed by atoms with Crippen LogP contribution in [-0.4, -0.2) is 35.2 Å². The molecule has 2 saturated carbocycles. The van der Waals surface area contributed by atoms with Gasteiger partial charge in [0.25, 0.3) is 5.91 Å². The lowest BCUT2D eigenvalue weighted by molar-refractivity contribution is -0.141. The SMILES string of the molecule is CCCC[C@H](NC(=O)C1(N)CCCCC1)C(=O)C(=O)NC1CCCC1. The van der Waals surface area contributed by atoms with Crippen molar-refractivity contribution < 1.29 is 14.4 Å². The molecule has 0 radical (unpaired) electrons. The van der Waals surface area contributed by atoms with Gasteiger partial charge in [-0.25, -0.2) is 0 Å². The highest BCUT2D eigenvalue weighted by atomic mass is 16.2. The van der Waals surface area contributed by atoms with E-state index in [-0.39, 0.29) is 11.9 Å². The number of rotatable bonds is 8. The Kier molecular flexibility index (Phi) is 7.41. The van der Waals surface area contributed by atoms with Crippen LogP contribution >= 0.6 is 0 Å². The number of hydrogen-bond acceptors (Lipinski definition) is 4. The molecule has 25 heavy (non-hydrogen) atoms. The second-order valence-corrected chi connectivity index (χ2v) is 7.70. The van der Waals surface area contributed by atoms with Gasteiger partial charge in [0.2, 0.25) is 11.7 Å². The first-order valence-electron chi connectivity index (χ1n) is 9.91. The molecule has 0 aromatic rings. The van der Waals surface area contributed by atoms with Crippen LogP contribution in [0.5, 0.6) is 0 Å². The minimum Gasteiger partial charge on any atom is -0.347 e. The quantitative estimate of drug-likeness (QED) is 0.582. The van der Waals surface area contributed by atoms with Gasteiger partial charge in [-0.1, -0.05) is 51.9 Å². The Morgan fingerprint density at radius 2 is 1.72 bits per heavy atom. The third-order valence-corrected chi connectivity index (χ3v) is 5.58. The van der Waals surface area contributed by atoms with Gasteiger partial charge in [-0.2, -0.15) is 0 Å². The van der Waals surface area contributed by atoms with Gasteiger partial charge in [0.15, 0.2) is 0 Å². The van der Waals surface area contributed by atoms with E-state index in [4.69, 9.17) is 5.73 Å². The Bertz CT molecular complexity index is 480. The van der Waals surface area contributed by atoms with Crippen molar-refractivity contribution in [1.82, 2.24) is 10.6 Å². The monoisotopic (exact) mass is 351 g/mol. The number of Topliss-reactive ketones (excluding diaryl/α,β-unsaturated/α-hetero) is 1. The lowest BCUT2D eigenvalue weighted by Gasteiger charge is -2.33. The molecule has 142 valence electrons. The van der Waals surface area contributed by atoms with Crippen molar-refractivity contribution in [3.05, 3.63) is 0 Å². The normalized spacial score (nSPS) is 21.5. The van der Waals surface area contributed by atoms with E-state index in [2.05, 4.69) is 10.6 Å². The van der Waals surface area contributed by atoms with E-state index in [1.165, 1.54) is 0 Å². The molecule has 6 nitrogen and oxygen atoms in total. The number of ketones is 1. The Balaban J connectivity index is 1.97. The number of amides is 2. The predicted octanol–water partition coefficient (Wildman–Crippen LogP) is 1.95. The van der Waals surface area contributed by atoms with Crippen molar-refractivity contribution in [3.8, 4) is 0 Å². The third-order valence-electron chi connectivity index (χ3n) is 5.58. The molecule has 6 heteroatoms. The molecule has 2 amide bonds. The summed E-state index contributed by atoms with van der Waals surface area (Å²) in [6.07, 6.45) is 10.4. The van der Waals surface area contributed by atoms with E-state index in [0.29, 0.717) is 19.3 Å². The molecule has 2 fully saturated rings. The molecular formula is C19H33N3O3. The standard InChI is InChI=1S/C19H33N3O3/c1-2-3-11-15(16(23)17(24)21-14-9-5-6-10-14)22-18(25)19(20)12-7-4-8-13-19/h14-15H,2-13,20H2,1H3,(H,21,24)(H,22,25)/t15-/m0/s1. The summed E-state index contributed by atoms with van der Waals surface area (Å²) in [5.74, 6) is -1.38. The van der Waals surface area contributed by atoms with Gasteiger partial charge in [0.1, 0.15) is 0 Å². The Morgan fingerprint density at radius 1 is 1.08 bits per heavy atom. The molecule has 4 N–H and O–H groups in total. The number of hydrogen-bond donors (Lipinski definition) is 3. The van der Waals surface area contributed by atoms with Crippen LogP contribution in [0.2, 0.25) is 0 Å². The molecule has 0 heterocycles. The zero-order valence-electron chi connectivity index (χ0n) is 15.4. The summed E-state index contributed by atoms with van der Waals surface area (Å²) in [5.41, 5.74) is 5.37. The molecule has 2 aliphatic carbocycles. The van der Waals surface area contributed by atoms with Crippen LogP contribution in [0.15, 0.2) is 0 Å². The van der Waals surface area contributed by atoms with Gasteiger partial charge < -0.3 is 16.4 Å². The van der Waals surface area contributed by atoms with Crippen LogP contribution in [0.3, 0.4) is 0 Å². The fourth-order valence-corrected chi connectivity index (χ4v) is 3.87. The maximum absolute atomic E-state index is 12.6. The number of carbonyl (C=O) groups excluding carboxylic acids is 3. The minimum absolute atomic E-state index is 0.0955. The van der Waals surface area contributed by atoms with Gasteiger partial charge in [-0.05, 0) is 32.1 Å². The summed E-state index contributed by atoms with van der Waals surface area (Å²) in [6.45, 7) is 2.02. The first kappa shape index (κ1) is 19.9. The molecule has 2 aliphatic rings. The number of nitrogens with one attached hydrogen (secondary N) is 2. The van der Waals surface area contributed by atoms with Crippen molar-refractivity contribution in [2.75, 3.05) is 0 Å². The van der Waals surface area contributed by atoms with Crippen molar-refractivity contribution >= 4 is 17.6 Å². The second kappa shape index (κ2) is 9.32. The zero-order chi connectivity index (χ0) is 18.3. The Hall–Kier alpha value is -1.43. The predicted molar refractivity (Wildman–Crippen MR) is 96.9 cm³/mol. The van der Waals surface area contributed by atoms with Crippen molar-refractivity contribution in [3.63, 3.8) is 0 Å². The molecule has 0 aromatic heterocycles.